The van der Waals surface area contributed by atoms with Gasteiger partial charge >= 0.3 is 0 Å². The number of ether oxygens (including phenoxy) is 1. The summed E-state index contributed by atoms with van der Waals surface area (Å²) in [6, 6.07) is 10.6. The molecule has 1 saturated carbocycles. The zero-order valence-electron chi connectivity index (χ0n) is 10.2. The van der Waals surface area contributed by atoms with Crippen molar-refractivity contribution in [3.63, 3.8) is 0 Å². The van der Waals surface area contributed by atoms with Gasteiger partial charge in [-0.2, -0.15) is 0 Å². The Bertz CT molecular complexity index is 461. The summed E-state index contributed by atoms with van der Waals surface area (Å²) in [6.45, 7) is 0. The van der Waals surface area contributed by atoms with Crippen LogP contribution in [0.3, 0.4) is 0 Å². The molecule has 0 N–H and O–H groups in total. The largest absolute Gasteiger partial charge is 0.361 e. The fourth-order valence-electron chi connectivity index (χ4n) is 3.01. The van der Waals surface area contributed by atoms with Gasteiger partial charge in [-0.3, -0.25) is 0 Å². The van der Waals surface area contributed by atoms with Crippen LogP contribution in [0.25, 0.3) is 0 Å². The van der Waals surface area contributed by atoms with Gasteiger partial charge in [-0.1, -0.05) is 43.2 Å². The summed E-state index contributed by atoms with van der Waals surface area (Å²) in [5, 5.41) is 0. The normalized spacial score (nSPS) is 26.9. The summed E-state index contributed by atoms with van der Waals surface area (Å²) in [5.41, 5.74) is 1.42. The Hall–Kier alpha value is 0.380. The molecule has 1 spiro atoms. The topological polar surface area (TPSA) is 9.23 Å². The van der Waals surface area contributed by atoms with Gasteiger partial charge in [0.25, 0.3) is 0 Å². The van der Waals surface area contributed by atoms with Gasteiger partial charge in [-0.25, -0.2) is 0 Å². The molecule has 96 valence electrons. The van der Waals surface area contributed by atoms with Crippen molar-refractivity contribution in [2.24, 2.45) is 0 Å². The molecule has 1 fully saturated rings. The van der Waals surface area contributed by atoms with E-state index in [1.54, 1.807) is 0 Å². The third-order valence-corrected chi connectivity index (χ3v) is 7.16. The summed E-state index contributed by atoms with van der Waals surface area (Å²) in [7, 11) is 0. The summed E-state index contributed by atoms with van der Waals surface area (Å²) < 4.78 is 9.40. The molecule has 3 heteroatoms. The van der Waals surface area contributed by atoms with Crippen LogP contribution in [0.4, 0.5) is 0 Å². The summed E-state index contributed by atoms with van der Waals surface area (Å²) >= 11 is 4.98. The van der Waals surface area contributed by atoms with E-state index in [9.17, 15) is 0 Å². The average molecular weight is 466 g/mol. The van der Waals surface area contributed by atoms with E-state index in [-0.39, 0.29) is 11.7 Å². The summed E-state index contributed by atoms with van der Waals surface area (Å²) in [6.07, 6.45) is 6.38. The van der Waals surface area contributed by atoms with Crippen LogP contribution in [0.15, 0.2) is 37.5 Å². The Morgan fingerprint density at radius 1 is 1.06 bits per heavy atom. The maximum atomic E-state index is 6.53. The fraction of sp³-hybridized carbons (Fsp3) is 0.467. The molecular weight excluding hydrogens is 450 g/mol. The van der Waals surface area contributed by atoms with E-state index in [1.165, 1.54) is 38.4 Å². The predicted molar refractivity (Wildman–Crippen MR) is 91.2 cm³/mol. The molecule has 0 amide bonds. The molecule has 0 radical (unpaired) electrons. The van der Waals surface area contributed by atoms with Gasteiger partial charge in [-0.15, -0.1) is 0 Å². The van der Waals surface area contributed by atoms with Gasteiger partial charge in [0.05, 0.1) is 5.60 Å². The van der Waals surface area contributed by atoms with Crippen LogP contribution in [0.1, 0.15) is 43.8 Å². The van der Waals surface area contributed by atoms with Crippen molar-refractivity contribution in [3.8, 4) is 0 Å². The molecule has 1 heterocycles. The molecule has 1 atom stereocenters. The molecule has 0 aromatic heterocycles. The van der Waals surface area contributed by atoms with Crippen LogP contribution < -0.4 is 0 Å². The van der Waals surface area contributed by atoms with Gasteiger partial charge in [0.15, 0.2) is 0 Å². The fourth-order valence-corrected chi connectivity index (χ4v) is 4.66. The highest BCUT2D eigenvalue weighted by molar-refractivity contribution is 14.1. The van der Waals surface area contributed by atoms with Crippen molar-refractivity contribution in [2.75, 3.05) is 0 Å². The van der Waals surface area contributed by atoms with Crippen molar-refractivity contribution in [2.45, 2.75) is 43.8 Å². The van der Waals surface area contributed by atoms with Crippen LogP contribution in [-0.4, -0.2) is 5.60 Å². The van der Waals surface area contributed by atoms with Gasteiger partial charge < -0.3 is 4.74 Å². The molecule has 3 rings (SSSR count). The van der Waals surface area contributed by atoms with Crippen molar-refractivity contribution >= 4 is 45.2 Å². The van der Waals surface area contributed by atoms with E-state index in [0.29, 0.717) is 0 Å². The number of benzene rings is 1. The second-order valence-electron chi connectivity index (χ2n) is 5.23. The van der Waals surface area contributed by atoms with Crippen LogP contribution in [0.2, 0.25) is 0 Å². The number of hydrogen-bond acceptors (Lipinski definition) is 1. The molecule has 0 bridgehead atoms. The Balaban J connectivity index is 1.96. The van der Waals surface area contributed by atoms with Crippen LogP contribution in [-0.2, 0) is 4.74 Å². The zero-order chi connectivity index (χ0) is 12.6. The standard InChI is InChI=1S/C15H16I2O/c16-12-10-15(8-4-5-9-15)18-14(13(12)17)11-6-2-1-3-7-11/h1-3,6-7,14H,4-5,8-10H2. The molecule has 1 aromatic rings. The van der Waals surface area contributed by atoms with E-state index in [1.807, 2.05) is 0 Å². The minimum Gasteiger partial charge on any atom is -0.361 e. The third kappa shape index (κ3) is 2.50. The lowest BCUT2D eigenvalue weighted by molar-refractivity contribution is -0.0808. The van der Waals surface area contributed by atoms with Crippen molar-refractivity contribution in [1.82, 2.24) is 0 Å². The highest BCUT2D eigenvalue weighted by Crippen LogP contribution is 2.51. The van der Waals surface area contributed by atoms with Gasteiger partial charge in [0.2, 0.25) is 0 Å². The smallest absolute Gasteiger partial charge is 0.115 e. The first kappa shape index (κ1) is 13.4. The predicted octanol–water partition coefficient (Wildman–Crippen LogP) is 5.54. The zero-order valence-corrected chi connectivity index (χ0v) is 14.5. The van der Waals surface area contributed by atoms with E-state index in [0.717, 1.165) is 6.42 Å². The first-order valence-corrected chi connectivity index (χ1v) is 8.63. The quantitative estimate of drug-likeness (QED) is 0.494. The van der Waals surface area contributed by atoms with E-state index in [2.05, 4.69) is 75.5 Å². The van der Waals surface area contributed by atoms with E-state index in [4.69, 9.17) is 4.74 Å². The summed E-state index contributed by atoms with van der Waals surface area (Å²) in [4.78, 5) is 0. The minimum atomic E-state index is 0.131. The Labute approximate surface area is 136 Å². The average Bonchev–Trinajstić information content (AvgIpc) is 2.83. The lowest BCUT2D eigenvalue weighted by Crippen LogP contribution is -2.34. The van der Waals surface area contributed by atoms with Crippen LogP contribution >= 0.6 is 45.2 Å². The molecule has 18 heavy (non-hydrogen) atoms. The Kier molecular flexibility index (Phi) is 4.01. The molecule has 0 saturated heterocycles. The Morgan fingerprint density at radius 2 is 1.72 bits per heavy atom. The number of halogens is 2. The lowest BCUT2D eigenvalue weighted by Gasteiger charge is -2.39. The maximum Gasteiger partial charge on any atom is 0.115 e. The molecule has 1 aliphatic heterocycles. The third-order valence-electron chi connectivity index (χ3n) is 3.95. The SMILES string of the molecule is IC1=C(I)C(c2ccccc2)OC2(CCCC2)C1. The Morgan fingerprint density at radius 3 is 2.39 bits per heavy atom. The highest BCUT2D eigenvalue weighted by atomic mass is 127. The van der Waals surface area contributed by atoms with Crippen LogP contribution in [0.5, 0.6) is 0 Å². The first-order chi connectivity index (χ1) is 8.70. The first-order valence-electron chi connectivity index (χ1n) is 6.47. The summed E-state index contributed by atoms with van der Waals surface area (Å²) in [5.74, 6) is 0. The number of rotatable bonds is 1. The molecular formula is C15H16I2O. The monoisotopic (exact) mass is 466 g/mol. The van der Waals surface area contributed by atoms with E-state index >= 15 is 0 Å². The van der Waals surface area contributed by atoms with Gasteiger partial charge in [-0.05, 0) is 63.6 Å². The maximum absolute atomic E-state index is 6.53. The lowest BCUT2D eigenvalue weighted by atomic mass is 9.92. The molecule has 1 aromatic carbocycles. The van der Waals surface area contributed by atoms with Gasteiger partial charge in [0, 0.05) is 13.6 Å². The van der Waals surface area contributed by atoms with Gasteiger partial charge in [0.1, 0.15) is 6.10 Å². The minimum absolute atomic E-state index is 0.131. The second kappa shape index (κ2) is 5.40. The molecule has 1 aliphatic carbocycles. The van der Waals surface area contributed by atoms with Crippen molar-refractivity contribution in [1.29, 1.82) is 0 Å². The molecule has 2 aliphatic rings. The number of hydrogen-bond donors (Lipinski definition) is 0. The molecule has 1 unspecified atom stereocenters. The van der Waals surface area contributed by atoms with Crippen LogP contribution in [0, 0.1) is 0 Å². The second-order valence-corrected chi connectivity index (χ2v) is 7.69. The van der Waals surface area contributed by atoms with E-state index < -0.39 is 0 Å². The van der Waals surface area contributed by atoms with Crippen molar-refractivity contribution < 1.29 is 4.74 Å². The molecule has 1 nitrogen and oxygen atoms in total. The van der Waals surface area contributed by atoms with Crippen molar-refractivity contribution in [3.05, 3.63) is 43.1 Å². The highest BCUT2D eigenvalue weighted by Gasteiger charge is 2.42.